The number of nitrogens with two attached hydrogens (primary N) is 1. The fourth-order valence-electron chi connectivity index (χ4n) is 1.77. The van der Waals surface area contributed by atoms with E-state index in [1.807, 2.05) is 37.3 Å². The van der Waals surface area contributed by atoms with Crippen molar-refractivity contribution in [2.75, 3.05) is 0 Å². The maximum atomic E-state index is 11.7. The molecule has 0 spiro atoms. The Balaban J connectivity index is 2.64. The number of amides is 1. The van der Waals surface area contributed by atoms with Crippen LogP contribution in [0.25, 0.3) is 0 Å². The molecular weight excluding hydrogens is 244 g/mol. The number of rotatable bonds is 7. The number of nitrogens with one attached hydrogen (secondary N) is 1. The summed E-state index contributed by atoms with van der Waals surface area (Å²) >= 11 is 0. The van der Waals surface area contributed by atoms with Crippen molar-refractivity contribution in [3.8, 4) is 0 Å². The molecule has 1 amide bonds. The molecule has 0 saturated carbocycles. The van der Waals surface area contributed by atoms with E-state index in [2.05, 4.69) is 5.32 Å². The Morgan fingerprint density at radius 2 is 1.95 bits per heavy atom. The second kappa shape index (κ2) is 7.53. The first-order valence-electron chi connectivity index (χ1n) is 6.37. The standard InChI is InChI=1S/C14H20N2O3/c1-2-6-11(15)13(17)16-12(14(18)19)9-10-7-4-3-5-8-10/h3-5,7-8,11-12H,2,6,9,15H2,1H3,(H,16,17)(H,18,19). The molecule has 0 aliphatic heterocycles. The highest BCUT2D eigenvalue weighted by Crippen LogP contribution is 2.04. The average Bonchev–Trinajstić information content (AvgIpc) is 2.39. The number of aliphatic carboxylic acids is 1. The lowest BCUT2D eigenvalue weighted by molar-refractivity contribution is -0.142. The second-order valence-electron chi connectivity index (χ2n) is 4.48. The average molecular weight is 264 g/mol. The molecule has 5 heteroatoms. The summed E-state index contributed by atoms with van der Waals surface area (Å²) in [4.78, 5) is 22.9. The molecule has 0 aliphatic carbocycles. The Morgan fingerprint density at radius 1 is 1.32 bits per heavy atom. The van der Waals surface area contributed by atoms with Gasteiger partial charge in [0.1, 0.15) is 6.04 Å². The maximum Gasteiger partial charge on any atom is 0.326 e. The zero-order valence-corrected chi connectivity index (χ0v) is 11.0. The van der Waals surface area contributed by atoms with Crippen LogP contribution >= 0.6 is 0 Å². The van der Waals surface area contributed by atoms with E-state index >= 15 is 0 Å². The van der Waals surface area contributed by atoms with E-state index in [1.54, 1.807) is 0 Å². The predicted octanol–water partition coefficient (Wildman–Crippen LogP) is 0.926. The Labute approximate surface area is 112 Å². The van der Waals surface area contributed by atoms with Crippen molar-refractivity contribution in [1.82, 2.24) is 5.32 Å². The van der Waals surface area contributed by atoms with Gasteiger partial charge in [0.25, 0.3) is 0 Å². The van der Waals surface area contributed by atoms with Crippen LogP contribution in [0.1, 0.15) is 25.3 Å². The molecular formula is C14H20N2O3. The topological polar surface area (TPSA) is 92.4 Å². The fourth-order valence-corrected chi connectivity index (χ4v) is 1.77. The van der Waals surface area contributed by atoms with E-state index in [-0.39, 0.29) is 6.42 Å². The van der Waals surface area contributed by atoms with Crippen LogP contribution < -0.4 is 11.1 Å². The molecule has 0 heterocycles. The Morgan fingerprint density at radius 3 is 2.47 bits per heavy atom. The van der Waals surface area contributed by atoms with Crippen molar-refractivity contribution in [2.24, 2.45) is 5.73 Å². The van der Waals surface area contributed by atoms with Crippen LogP contribution in [0.2, 0.25) is 0 Å². The molecule has 0 radical (unpaired) electrons. The molecule has 1 aromatic rings. The summed E-state index contributed by atoms with van der Waals surface area (Å²) in [6.07, 6.45) is 1.58. The highest BCUT2D eigenvalue weighted by Gasteiger charge is 2.22. The molecule has 2 unspecified atom stereocenters. The van der Waals surface area contributed by atoms with Gasteiger partial charge in [0.05, 0.1) is 6.04 Å². The number of carboxylic acids is 1. The van der Waals surface area contributed by atoms with Crippen molar-refractivity contribution in [3.63, 3.8) is 0 Å². The number of carbonyl (C=O) groups excluding carboxylic acids is 1. The van der Waals surface area contributed by atoms with E-state index in [1.165, 1.54) is 0 Å². The summed E-state index contributed by atoms with van der Waals surface area (Å²) in [5.41, 5.74) is 6.53. The molecule has 1 rings (SSSR count). The summed E-state index contributed by atoms with van der Waals surface area (Å²) in [5.74, 6) is -1.47. The van der Waals surface area contributed by atoms with Gasteiger partial charge in [-0.2, -0.15) is 0 Å². The van der Waals surface area contributed by atoms with Crippen molar-refractivity contribution in [1.29, 1.82) is 0 Å². The van der Waals surface area contributed by atoms with Crippen molar-refractivity contribution in [2.45, 2.75) is 38.3 Å². The van der Waals surface area contributed by atoms with Gasteiger partial charge < -0.3 is 16.2 Å². The van der Waals surface area contributed by atoms with Crippen LogP contribution in [0.5, 0.6) is 0 Å². The SMILES string of the molecule is CCCC(N)C(=O)NC(Cc1ccccc1)C(=O)O. The van der Waals surface area contributed by atoms with Gasteiger partial charge in [0.2, 0.25) is 5.91 Å². The third kappa shape index (κ3) is 5.09. The van der Waals surface area contributed by atoms with E-state index in [9.17, 15) is 9.59 Å². The molecule has 104 valence electrons. The number of carbonyl (C=O) groups is 2. The van der Waals surface area contributed by atoms with E-state index in [0.717, 1.165) is 12.0 Å². The third-order valence-electron chi connectivity index (χ3n) is 2.83. The summed E-state index contributed by atoms with van der Waals surface area (Å²) in [5, 5.41) is 11.6. The van der Waals surface area contributed by atoms with Crippen molar-refractivity contribution >= 4 is 11.9 Å². The largest absolute Gasteiger partial charge is 0.480 e. The molecule has 19 heavy (non-hydrogen) atoms. The molecule has 2 atom stereocenters. The molecule has 4 N–H and O–H groups in total. The quantitative estimate of drug-likeness (QED) is 0.683. The molecule has 0 saturated heterocycles. The normalized spacial score (nSPS) is 13.6. The summed E-state index contributed by atoms with van der Waals surface area (Å²) < 4.78 is 0. The lowest BCUT2D eigenvalue weighted by Gasteiger charge is -2.17. The minimum Gasteiger partial charge on any atom is -0.480 e. The Kier molecular flexibility index (Phi) is 6.02. The van der Waals surface area contributed by atoms with Gasteiger partial charge in [0.15, 0.2) is 0 Å². The lowest BCUT2D eigenvalue weighted by Crippen LogP contribution is -2.49. The van der Waals surface area contributed by atoms with Gasteiger partial charge >= 0.3 is 5.97 Å². The van der Waals surface area contributed by atoms with Crippen molar-refractivity contribution < 1.29 is 14.7 Å². The smallest absolute Gasteiger partial charge is 0.326 e. The summed E-state index contributed by atoms with van der Waals surface area (Å²) in [6, 6.07) is 7.58. The minimum atomic E-state index is -1.05. The van der Waals surface area contributed by atoms with Gasteiger partial charge in [-0.25, -0.2) is 4.79 Å². The van der Waals surface area contributed by atoms with Crippen LogP contribution in [0.4, 0.5) is 0 Å². The molecule has 5 nitrogen and oxygen atoms in total. The van der Waals surface area contributed by atoms with Gasteiger partial charge in [-0.15, -0.1) is 0 Å². The first-order chi connectivity index (χ1) is 9.04. The summed E-state index contributed by atoms with van der Waals surface area (Å²) in [6.45, 7) is 1.92. The Bertz CT molecular complexity index is 420. The highest BCUT2D eigenvalue weighted by molar-refractivity contribution is 5.86. The monoisotopic (exact) mass is 264 g/mol. The number of hydrogen-bond donors (Lipinski definition) is 3. The van der Waals surface area contributed by atoms with E-state index in [4.69, 9.17) is 10.8 Å². The molecule has 0 aliphatic rings. The van der Waals surface area contributed by atoms with Crippen LogP contribution in [0.3, 0.4) is 0 Å². The molecule has 0 fully saturated rings. The number of hydrogen-bond acceptors (Lipinski definition) is 3. The first kappa shape index (κ1) is 15.2. The third-order valence-corrected chi connectivity index (χ3v) is 2.83. The molecule has 0 bridgehead atoms. The zero-order valence-electron chi connectivity index (χ0n) is 11.0. The number of carboxylic acid groups (broad SMARTS) is 1. The lowest BCUT2D eigenvalue weighted by atomic mass is 10.1. The van der Waals surface area contributed by atoms with Gasteiger partial charge in [-0.3, -0.25) is 4.79 Å². The maximum absolute atomic E-state index is 11.7. The van der Waals surface area contributed by atoms with E-state index in [0.29, 0.717) is 6.42 Å². The predicted molar refractivity (Wildman–Crippen MR) is 72.6 cm³/mol. The van der Waals surface area contributed by atoms with E-state index < -0.39 is 24.0 Å². The second-order valence-corrected chi connectivity index (χ2v) is 4.48. The van der Waals surface area contributed by atoms with Gasteiger partial charge in [0, 0.05) is 6.42 Å². The van der Waals surface area contributed by atoms with Gasteiger partial charge in [-0.05, 0) is 12.0 Å². The zero-order chi connectivity index (χ0) is 14.3. The van der Waals surface area contributed by atoms with Gasteiger partial charge in [-0.1, -0.05) is 43.7 Å². The van der Waals surface area contributed by atoms with Crippen LogP contribution in [0.15, 0.2) is 30.3 Å². The van der Waals surface area contributed by atoms with Crippen molar-refractivity contribution in [3.05, 3.63) is 35.9 Å². The Hall–Kier alpha value is -1.88. The fraction of sp³-hybridized carbons (Fsp3) is 0.429. The molecule has 1 aromatic carbocycles. The molecule has 0 aromatic heterocycles. The summed E-state index contributed by atoms with van der Waals surface area (Å²) in [7, 11) is 0. The van der Waals surface area contributed by atoms with Crippen LogP contribution in [-0.2, 0) is 16.0 Å². The van der Waals surface area contributed by atoms with Crippen LogP contribution in [-0.4, -0.2) is 29.1 Å². The minimum absolute atomic E-state index is 0.251. The van der Waals surface area contributed by atoms with Crippen LogP contribution in [0, 0.1) is 0 Å². The number of benzene rings is 1. The first-order valence-corrected chi connectivity index (χ1v) is 6.37. The highest BCUT2D eigenvalue weighted by atomic mass is 16.4.